The second kappa shape index (κ2) is 6.62. The molecule has 5 fully saturated rings. The van der Waals surface area contributed by atoms with Gasteiger partial charge in [-0.3, -0.25) is 4.79 Å². The van der Waals surface area contributed by atoms with Gasteiger partial charge in [0.15, 0.2) is 0 Å². The van der Waals surface area contributed by atoms with Crippen LogP contribution in [0.4, 0.5) is 4.39 Å². The molecule has 0 heterocycles. The summed E-state index contributed by atoms with van der Waals surface area (Å²) in [5, 5.41) is 0. The SMILES string of the molecule is C=C=C1CC(C)(C)C[C@H]2[C@@]1(C)CC[C@@]1(C)[C@]3(C)CC[C@H]4C(=O)CCC[C@]4(C)[C@H]3CC[C@]21F. The first-order chi connectivity index (χ1) is 14.8. The van der Waals surface area contributed by atoms with Crippen LogP contribution in [-0.4, -0.2) is 11.5 Å². The quantitative estimate of drug-likeness (QED) is 0.347. The lowest BCUT2D eigenvalue weighted by molar-refractivity contribution is -0.270. The third-order valence-corrected chi connectivity index (χ3v) is 12.6. The molecule has 0 N–H and O–H groups in total. The Labute approximate surface area is 195 Å². The Bertz CT molecular complexity index is 897. The highest BCUT2D eigenvalue weighted by atomic mass is 19.1. The van der Waals surface area contributed by atoms with Crippen molar-refractivity contribution >= 4 is 5.78 Å². The summed E-state index contributed by atoms with van der Waals surface area (Å²) < 4.78 is 17.9. The lowest BCUT2D eigenvalue weighted by Crippen LogP contribution is -2.71. The van der Waals surface area contributed by atoms with Crippen LogP contribution in [0.2, 0.25) is 0 Å². The largest absolute Gasteiger partial charge is 0.299 e. The van der Waals surface area contributed by atoms with Gasteiger partial charge < -0.3 is 0 Å². The number of rotatable bonds is 0. The van der Waals surface area contributed by atoms with E-state index < -0.39 is 5.67 Å². The lowest BCUT2D eigenvalue weighted by atomic mass is 9.31. The van der Waals surface area contributed by atoms with Crippen LogP contribution in [0.3, 0.4) is 0 Å². The van der Waals surface area contributed by atoms with Crippen molar-refractivity contribution in [2.24, 2.45) is 44.8 Å². The second-order valence-electron chi connectivity index (χ2n) is 14.3. The van der Waals surface area contributed by atoms with E-state index in [-0.39, 0.29) is 38.9 Å². The van der Waals surface area contributed by atoms with Crippen molar-refractivity contribution in [3.05, 3.63) is 17.9 Å². The molecule has 0 aromatic heterocycles. The van der Waals surface area contributed by atoms with Crippen molar-refractivity contribution < 1.29 is 9.18 Å². The van der Waals surface area contributed by atoms with E-state index in [4.69, 9.17) is 0 Å². The van der Waals surface area contributed by atoms with Gasteiger partial charge in [-0.05, 0) is 91.9 Å². The molecule has 5 aliphatic rings. The molecule has 0 amide bonds. The average molecular weight is 441 g/mol. The molecule has 5 aliphatic carbocycles. The molecule has 0 saturated heterocycles. The Morgan fingerprint density at radius 2 is 1.66 bits per heavy atom. The fourth-order valence-corrected chi connectivity index (χ4v) is 10.6. The van der Waals surface area contributed by atoms with E-state index in [2.05, 4.69) is 53.9 Å². The molecule has 0 spiro atoms. The van der Waals surface area contributed by atoms with Crippen LogP contribution < -0.4 is 0 Å². The third-order valence-electron chi connectivity index (χ3n) is 12.6. The summed E-state index contributed by atoms with van der Waals surface area (Å²) in [4.78, 5) is 12.9. The molecule has 0 unspecified atom stereocenters. The Kier molecular flexibility index (Phi) is 4.73. The number of alkyl halides is 1. The van der Waals surface area contributed by atoms with Gasteiger partial charge in [-0.25, -0.2) is 4.39 Å². The normalized spacial score (nSPS) is 54.5. The molecule has 0 aromatic rings. The zero-order chi connectivity index (χ0) is 23.4. The molecule has 8 atom stereocenters. The van der Waals surface area contributed by atoms with Gasteiger partial charge in [0.25, 0.3) is 0 Å². The Balaban J connectivity index is 1.61. The average Bonchev–Trinajstić information content (AvgIpc) is 2.71. The van der Waals surface area contributed by atoms with Gasteiger partial charge in [0.05, 0.1) is 0 Å². The number of hydrogen-bond acceptors (Lipinski definition) is 1. The van der Waals surface area contributed by atoms with E-state index in [0.29, 0.717) is 18.1 Å². The predicted molar refractivity (Wildman–Crippen MR) is 129 cm³/mol. The Morgan fingerprint density at radius 3 is 2.34 bits per heavy atom. The predicted octanol–water partition coefficient (Wildman–Crippen LogP) is 8.23. The molecule has 5 saturated carbocycles. The number of allylic oxidation sites excluding steroid dienone is 1. The lowest BCUT2D eigenvalue weighted by Gasteiger charge is -2.73. The molecule has 32 heavy (non-hydrogen) atoms. The van der Waals surface area contributed by atoms with Gasteiger partial charge in [-0.15, -0.1) is 5.73 Å². The summed E-state index contributed by atoms with van der Waals surface area (Å²) >= 11 is 0. The zero-order valence-electron chi connectivity index (χ0n) is 21.5. The van der Waals surface area contributed by atoms with Gasteiger partial charge in [0.2, 0.25) is 0 Å². The standard InChI is InChI=1S/C30H45FO/c1-8-20-18-25(2,3)19-24-26(20,4)16-17-29(7)28(6)14-11-21-22(32)10-9-13-27(21,5)23(28)12-15-30(24,29)31/h21,23-24H,1,9-19H2,2-7H3/t21-,23+,24-,26-,27-,28+,29-,30-/m0/s1. The number of hydrogen-bond donors (Lipinski definition) is 0. The maximum Gasteiger partial charge on any atom is 0.136 e. The summed E-state index contributed by atoms with van der Waals surface area (Å²) in [5.74, 6) is 1.21. The molecule has 5 rings (SSSR count). The van der Waals surface area contributed by atoms with Crippen molar-refractivity contribution in [2.75, 3.05) is 0 Å². The first-order valence-electron chi connectivity index (χ1n) is 13.4. The zero-order valence-corrected chi connectivity index (χ0v) is 21.5. The first-order valence-corrected chi connectivity index (χ1v) is 13.4. The van der Waals surface area contributed by atoms with E-state index in [9.17, 15) is 4.79 Å². The van der Waals surface area contributed by atoms with E-state index in [1.807, 2.05) is 0 Å². The number of Topliss-reactive ketones (excluding diaryl/α,β-unsaturated/α-hetero) is 1. The highest BCUT2D eigenvalue weighted by Crippen LogP contribution is 2.78. The van der Waals surface area contributed by atoms with E-state index in [0.717, 1.165) is 64.2 Å². The van der Waals surface area contributed by atoms with E-state index in [1.165, 1.54) is 5.57 Å². The van der Waals surface area contributed by atoms with Gasteiger partial charge in [-0.2, -0.15) is 0 Å². The van der Waals surface area contributed by atoms with Crippen LogP contribution in [-0.2, 0) is 4.79 Å². The minimum absolute atomic E-state index is 0.0379. The maximum absolute atomic E-state index is 17.9. The van der Waals surface area contributed by atoms with Crippen molar-refractivity contribution in [3.8, 4) is 0 Å². The summed E-state index contributed by atoms with van der Waals surface area (Å²) in [7, 11) is 0. The van der Waals surface area contributed by atoms with Crippen LogP contribution >= 0.6 is 0 Å². The van der Waals surface area contributed by atoms with Crippen molar-refractivity contribution in [1.82, 2.24) is 0 Å². The second-order valence-corrected chi connectivity index (χ2v) is 14.3. The molecule has 0 radical (unpaired) electrons. The van der Waals surface area contributed by atoms with Crippen LogP contribution in [0.25, 0.3) is 0 Å². The highest BCUT2D eigenvalue weighted by Gasteiger charge is 2.75. The summed E-state index contributed by atoms with van der Waals surface area (Å²) in [6.45, 7) is 18.2. The van der Waals surface area contributed by atoms with Gasteiger partial charge in [0.1, 0.15) is 11.5 Å². The molecular formula is C30H45FO. The fourth-order valence-electron chi connectivity index (χ4n) is 10.6. The van der Waals surface area contributed by atoms with Crippen molar-refractivity contribution in [1.29, 1.82) is 0 Å². The summed E-state index contributed by atoms with van der Waals surface area (Å²) in [6.07, 6.45) is 10.5. The number of carbonyl (C=O) groups is 1. The molecule has 0 aromatic carbocycles. The highest BCUT2D eigenvalue weighted by molar-refractivity contribution is 5.82. The molecule has 0 aliphatic heterocycles. The van der Waals surface area contributed by atoms with Crippen LogP contribution in [0.5, 0.6) is 0 Å². The van der Waals surface area contributed by atoms with Crippen LogP contribution in [0, 0.1) is 44.8 Å². The van der Waals surface area contributed by atoms with Crippen LogP contribution in [0.15, 0.2) is 17.9 Å². The fraction of sp³-hybridized carbons (Fsp3) is 0.867. The number of carbonyl (C=O) groups excluding carboxylic acids is 1. The van der Waals surface area contributed by atoms with E-state index in [1.54, 1.807) is 0 Å². The van der Waals surface area contributed by atoms with Gasteiger partial charge in [-0.1, -0.05) is 48.1 Å². The number of ketones is 1. The monoisotopic (exact) mass is 440 g/mol. The molecule has 0 bridgehead atoms. The number of fused-ring (bicyclic) bond motifs is 7. The first kappa shape index (κ1) is 22.9. The van der Waals surface area contributed by atoms with Crippen LogP contribution in [0.1, 0.15) is 112 Å². The smallest absolute Gasteiger partial charge is 0.136 e. The maximum atomic E-state index is 17.9. The third kappa shape index (κ3) is 2.54. The summed E-state index contributed by atoms with van der Waals surface area (Å²) in [5.41, 5.74) is 3.09. The molecule has 2 heteroatoms. The van der Waals surface area contributed by atoms with Crippen molar-refractivity contribution in [2.45, 2.75) is 118 Å². The molecular weight excluding hydrogens is 395 g/mol. The molecule has 1 nitrogen and oxygen atoms in total. The molecule has 178 valence electrons. The minimum Gasteiger partial charge on any atom is -0.299 e. The topological polar surface area (TPSA) is 17.1 Å². The summed E-state index contributed by atoms with van der Waals surface area (Å²) in [6, 6.07) is 0. The Morgan fingerprint density at radius 1 is 0.938 bits per heavy atom. The van der Waals surface area contributed by atoms with Gasteiger partial charge >= 0.3 is 0 Å². The minimum atomic E-state index is -1.16. The van der Waals surface area contributed by atoms with Gasteiger partial charge in [0, 0.05) is 29.1 Å². The Hall–Kier alpha value is -0.880. The number of halogens is 1. The van der Waals surface area contributed by atoms with E-state index >= 15 is 4.39 Å². The van der Waals surface area contributed by atoms with Crippen molar-refractivity contribution in [3.63, 3.8) is 0 Å².